The fourth-order valence-corrected chi connectivity index (χ4v) is 3.96. The minimum Gasteiger partial charge on any atom is -0.207 e. The highest BCUT2D eigenvalue weighted by Gasteiger charge is 2.66. The van der Waals surface area contributed by atoms with E-state index in [1.165, 1.54) is 12.1 Å². The summed E-state index contributed by atoms with van der Waals surface area (Å²) >= 11 is 6.43. The van der Waals surface area contributed by atoms with E-state index in [2.05, 4.69) is 27.7 Å². The van der Waals surface area contributed by atoms with Crippen LogP contribution in [0.2, 0.25) is 0 Å². The van der Waals surface area contributed by atoms with Gasteiger partial charge < -0.3 is 0 Å². The molecule has 0 aromatic heterocycles. The maximum Gasteiger partial charge on any atom is 0.129 e. The Morgan fingerprint density at radius 2 is 1.72 bits per heavy atom. The van der Waals surface area contributed by atoms with Crippen molar-refractivity contribution in [2.24, 2.45) is 16.7 Å². The standard InChI is InChI=1S/C15H19ClF2/c1-14(2)13(15(14,3)4)11(16)7-9-5-6-10(17)8-12(9)18/h5-6,8,11,13H,7H2,1-4H3. The third-order valence-corrected chi connectivity index (χ3v) is 5.33. The molecule has 1 unspecified atom stereocenters. The molecule has 0 N–H and O–H groups in total. The van der Waals surface area contributed by atoms with Gasteiger partial charge in [0.1, 0.15) is 11.6 Å². The van der Waals surface area contributed by atoms with Crippen LogP contribution in [-0.2, 0) is 6.42 Å². The number of hydrogen-bond donors (Lipinski definition) is 0. The molecule has 1 atom stereocenters. The van der Waals surface area contributed by atoms with Gasteiger partial charge in [-0.3, -0.25) is 0 Å². The van der Waals surface area contributed by atoms with Crippen LogP contribution in [0.15, 0.2) is 18.2 Å². The molecule has 3 heteroatoms. The quantitative estimate of drug-likeness (QED) is 0.694. The highest BCUT2D eigenvalue weighted by Crippen LogP contribution is 2.70. The second-order valence-corrected chi connectivity index (χ2v) is 6.94. The molecule has 0 amide bonds. The number of benzene rings is 1. The minimum atomic E-state index is -0.547. The molecule has 0 spiro atoms. The molecule has 0 bridgehead atoms. The van der Waals surface area contributed by atoms with Crippen LogP contribution in [0.5, 0.6) is 0 Å². The van der Waals surface area contributed by atoms with Crippen molar-refractivity contribution in [3.63, 3.8) is 0 Å². The van der Waals surface area contributed by atoms with Crippen LogP contribution in [0.25, 0.3) is 0 Å². The molecule has 0 nitrogen and oxygen atoms in total. The highest BCUT2D eigenvalue weighted by atomic mass is 35.5. The van der Waals surface area contributed by atoms with Crippen LogP contribution in [0.4, 0.5) is 8.78 Å². The lowest BCUT2D eigenvalue weighted by atomic mass is 10.0. The SMILES string of the molecule is CC1(C)C(C(Cl)Cc2ccc(F)cc2F)C1(C)C. The molecular formula is C15H19ClF2. The van der Waals surface area contributed by atoms with Crippen molar-refractivity contribution in [3.05, 3.63) is 35.4 Å². The minimum absolute atomic E-state index is 0.116. The van der Waals surface area contributed by atoms with Gasteiger partial charge in [-0.2, -0.15) is 0 Å². The van der Waals surface area contributed by atoms with Gasteiger partial charge >= 0.3 is 0 Å². The number of rotatable bonds is 3. The van der Waals surface area contributed by atoms with Crippen molar-refractivity contribution < 1.29 is 8.78 Å². The Morgan fingerprint density at radius 1 is 1.17 bits per heavy atom. The summed E-state index contributed by atoms with van der Waals surface area (Å²) in [5, 5.41) is -0.116. The van der Waals surface area contributed by atoms with E-state index in [1.807, 2.05) is 0 Å². The molecule has 1 aliphatic rings. The van der Waals surface area contributed by atoms with E-state index in [-0.39, 0.29) is 16.2 Å². The Bertz CT molecular complexity index is 452. The first-order chi connectivity index (χ1) is 8.18. The summed E-state index contributed by atoms with van der Waals surface area (Å²) in [6, 6.07) is 3.69. The Labute approximate surface area is 112 Å². The lowest BCUT2D eigenvalue weighted by Gasteiger charge is -2.12. The Morgan fingerprint density at radius 3 is 2.17 bits per heavy atom. The molecule has 1 fully saturated rings. The highest BCUT2D eigenvalue weighted by molar-refractivity contribution is 6.21. The van der Waals surface area contributed by atoms with Crippen molar-refractivity contribution in [1.82, 2.24) is 0 Å². The van der Waals surface area contributed by atoms with Crippen LogP contribution < -0.4 is 0 Å². The van der Waals surface area contributed by atoms with Gasteiger partial charge in [0.2, 0.25) is 0 Å². The molecule has 1 aromatic rings. The van der Waals surface area contributed by atoms with Crippen LogP contribution in [0.3, 0.4) is 0 Å². The Hall–Kier alpha value is -0.630. The number of hydrogen-bond acceptors (Lipinski definition) is 0. The third kappa shape index (κ3) is 2.05. The van der Waals surface area contributed by atoms with Crippen molar-refractivity contribution in [2.45, 2.75) is 39.5 Å². The number of alkyl halides is 1. The molecule has 1 aromatic carbocycles. The molecule has 0 aliphatic heterocycles. The zero-order valence-corrected chi connectivity index (χ0v) is 12.0. The summed E-state index contributed by atoms with van der Waals surface area (Å²) in [6.07, 6.45) is 0.450. The van der Waals surface area contributed by atoms with Gasteiger partial charge in [-0.05, 0) is 34.8 Å². The molecule has 18 heavy (non-hydrogen) atoms. The summed E-state index contributed by atoms with van der Waals surface area (Å²) in [7, 11) is 0. The van der Waals surface area contributed by atoms with E-state index in [0.29, 0.717) is 17.9 Å². The number of halogens is 3. The second kappa shape index (κ2) is 4.19. The van der Waals surface area contributed by atoms with E-state index in [9.17, 15) is 8.78 Å². The monoisotopic (exact) mass is 272 g/mol. The largest absolute Gasteiger partial charge is 0.207 e. The first-order valence-corrected chi connectivity index (χ1v) is 6.69. The van der Waals surface area contributed by atoms with Crippen LogP contribution in [-0.4, -0.2) is 5.38 Å². The third-order valence-electron chi connectivity index (χ3n) is 4.92. The van der Waals surface area contributed by atoms with Gasteiger partial charge in [-0.1, -0.05) is 33.8 Å². The fraction of sp³-hybridized carbons (Fsp3) is 0.600. The van der Waals surface area contributed by atoms with Crippen LogP contribution in [0, 0.1) is 28.4 Å². The summed E-state index contributed by atoms with van der Waals surface area (Å²) in [4.78, 5) is 0. The van der Waals surface area contributed by atoms with Gasteiger partial charge in [0, 0.05) is 11.4 Å². The van der Waals surface area contributed by atoms with E-state index < -0.39 is 11.6 Å². The maximum atomic E-state index is 13.6. The molecule has 0 saturated heterocycles. The molecule has 0 radical (unpaired) electrons. The zero-order chi connectivity index (χ0) is 13.7. The molecular weight excluding hydrogens is 254 g/mol. The lowest BCUT2D eigenvalue weighted by Crippen LogP contribution is -2.12. The van der Waals surface area contributed by atoms with Gasteiger partial charge in [0.25, 0.3) is 0 Å². The molecule has 100 valence electrons. The summed E-state index contributed by atoms with van der Waals surface area (Å²) in [6.45, 7) is 8.75. The van der Waals surface area contributed by atoms with Crippen molar-refractivity contribution >= 4 is 11.6 Å². The van der Waals surface area contributed by atoms with Gasteiger partial charge in [0.05, 0.1) is 0 Å². The van der Waals surface area contributed by atoms with Crippen LogP contribution in [0.1, 0.15) is 33.3 Å². The van der Waals surface area contributed by atoms with Gasteiger partial charge in [0.15, 0.2) is 0 Å². The van der Waals surface area contributed by atoms with E-state index in [1.54, 1.807) is 0 Å². The summed E-state index contributed by atoms with van der Waals surface area (Å²) < 4.78 is 26.4. The molecule has 2 rings (SSSR count). The van der Waals surface area contributed by atoms with E-state index in [4.69, 9.17) is 11.6 Å². The van der Waals surface area contributed by atoms with Gasteiger partial charge in [-0.25, -0.2) is 8.78 Å². The summed E-state index contributed by atoms with van der Waals surface area (Å²) in [5.74, 6) is -0.692. The van der Waals surface area contributed by atoms with Crippen molar-refractivity contribution in [1.29, 1.82) is 0 Å². The Kier molecular flexibility index (Phi) is 3.21. The average molecular weight is 273 g/mol. The van der Waals surface area contributed by atoms with E-state index >= 15 is 0 Å². The summed E-state index contributed by atoms with van der Waals surface area (Å²) in [5.41, 5.74) is 0.848. The van der Waals surface area contributed by atoms with E-state index in [0.717, 1.165) is 6.07 Å². The molecule has 1 aliphatic carbocycles. The molecule has 0 heterocycles. The Balaban J connectivity index is 2.12. The van der Waals surface area contributed by atoms with Gasteiger partial charge in [-0.15, -0.1) is 11.6 Å². The fourth-order valence-electron chi connectivity index (χ4n) is 3.17. The van der Waals surface area contributed by atoms with Crippen molar-refractivity contribution in [3.8, 4) is 0 Å². The van der Waals surface area contributed by atoms with Crippen molar-refractivity contribution in [2.75, 3.05) is 0 Å². The topological polar surface area (TPSA) is 0 Å². The lowest BCUT2D eigenvalue weighted by molar-refractivity contribution is 0.457. The first-order valence-electron chi connectivity index (χ1n) is 6.26. The zero-order valence-electron chi connectivity index (χ0n) is 11.2. The predicted octanol–water partition coefficient (Wildman–Crippen LogP) is 4.80. The van der Waals surface area contributed by atoms with Crippen LogP contribution >= 0.6 is 11.6 Å². The maximum absolute atomic E-state index is 13.6. The average Bonchev–Trinajstić information content (AvgIpc) is 2.62. The normalized spacial score (nSPS) is 22.8. The smallest absolute Gasteiger partial charge is 0.129 e. The molecule has 1 saturated carbocycles. The predicted molar refractivity (Wildman–Crippen MR) is 70.8 cm³/mol. The first kappa shape index (κ1) is 13.8. The second-order valence-electron chi connectivity index (χ2n) is 6.38.